The monoisotopic (exact) mass is 535 g/mol. The van der Waals surface area contributed by atoms with Gasteiger partial charge < -0.3 is 10.5 Å². The average Bonchev–Trinajstić information content (AvgIpc) is 3.26. The molecular weight excluding hydrogens is 517 g/mol. The van der Waals surface area contributed by atoms with Crippen LogP contribution in [0.4, 0.5) is 5.13 Å². The van der Waals surface area contributed by atoms with Gasteiger partial charge in [-0.15, -0.1) is 10.2 Å². The van der Waals surface area contributed by atoms with Crippen LogP contribution >= 0.6 is 46.3 Å². The molecule has 2 N–H and O–H groups in total. The number of anilines is 1. The summed E-state index contributed by atoms with van der Waals surface area (Å²) in [7, 11) is 0. The van der Waals surface area contributed by atoms with E-state index in [1.807, 2.05) is 0 Å². The van der Waals surface area contributed by atoms with Crippen LogP contribution in [0.5, 0.6) is 0 Å². The summed E-state index contributed by atoms with van der Waals surface area (Å²) in [6, 6.07) is 7.16. The molecule has 0 saturated carbocycles. The number of allylic oxidation sites excluding steroid dienone is 3. The Balaban J connectivity index is 1.78. The van der Waals surface area contributed by atoms with E-state index in [4.69, 9.17) is 33.7 Å². The fraction of sp³-hybridized carbons (Fsp3) is 0.318. The summed E-state index contributed by atoms with van der Waals surface area (Å²) in [6.45, 7) is 2.04. The lowest BCUT2D eigenvalue weighted by molar-refractivity contribution is -0.139. The first-order valence-corrected chi connectivity index (χ1v) is 12.9. The van der Waals surface area contributed by atoms with E-state index in [-0.39, 0.29) is 28.9 Å². The Morgan fingerprint density at radius 1 is 1.38 bits per heavy atom. The highest BCUT2D eigenvalue weighted by Gasteiger charge is 2.42. The zero-order valence-corrected chi connectivity index (χ0v) is 21.2. The summed E-state index contributed by atoms with van der Waals surface area (Å²) in [6.07, 6.45) is 1.59. The van der Waals surface area contributed by atoms with E-state index in [0.29, 0.717) is 62.2 Å². The number of hydrogen-bond donors (Lipinski definition) is 1. The first-order chi connectivity index (χ1) is 16.3. The zero-order chi connectivity index (χ0) is 24.4. The lowest BCUT2D eigenvalue weighted by Gasteiger charge is -2.38. The minimum Gasteiger partial charge on any atom is -0.465 e. The number of Topliss-reactive ketones (excluding diaryl/α,β-unsaturated/α-hetero) is 1. The smallest absolute Gasteiger partial charge is 0.316 e. The van der Waals surface area contributed by atoms with Crippen molar-refractivity contribution >= 4 is 63.2 Å². The lowest BCUT2D eigenvalue weighted by atomic mass is 9.76. The third-order valence-corrected chi connectivity index (χ3v) is 7.97. The van der Waals surface area contributed by atoms with Gasteiger partial charge in [0.25, 0.3) is 0 Å². The van der Waals surface area contributed by atoms with Gasteiger partial charge in [0.2, 0.25) is 5.13 Å². The quantitative estimate of drug-likeness (QED) is 0.410. The van der Waals surface area contributed by atoms with Gasteiger partial charge in [0.05, 0.1) is 29.9 Å². The predicted octanol–water partition coefficient (Wildman–Crippen LogP) is 4.80. The van der Waals surface area contributed by atoms with Gasteiger partial charge in [-0.2, -0.15) is 5.26 Å². The van der Waals surface area contributed by atoms with Gasteiger partial charge in [-0.25, -0.2) is 0 Å². The number of rotatable bonds is 6. The molecule has 0 amide bonds. The molecule has 2 heterocycles. The average molecular weight is 536 g/mol. The molecule has 2 aliphatic rings. The standard InChI is InChI=1S/C22H19Cl2N5O3S2/c1-2-32-17(31)10-33-22-28-27-21(34-22)29-15-4-3-5-16(30)19(15)18(13(9-25)20(29)26)12-7-6-11(23)8-14(12)24/h6-8,18H,2-5,10,26H2,1H3. The Kier molecular flexibility index (Phi) is 7.48. The predicted molar refractivity (Wildman–Crippen MR) is 132 cm³/mol. The van der Waals surface area contributed by atoms with Gasteiger partial charge in [-0.05, 0) is 37.5 Å². The van der Waals surface area contributed by atoms with E-state index in [2.05, 4.69) is 16.3 Å². The summed E-state index contributed by atoms with van der Waals surface area (Å²) in [5.41, 5.74) is 8.49. The highest BCUT2D eigenvalue weighted by molar-refractivity contribution is 8.01. The Labute approximate surface area is 214 Å². The van der Waals surface area contributed by atoms with Gasteiger partial charge >= 0.3 is 5.97 Å². The van der Waals surface area contributed by atoms with E-state index in [1.54, 1.807) is 30.0 Å². The molecule has 1 unspecified atom stereocenters. The van der Waals surface area contributed by atoms with Crippen molar-refractivity contribution in [1.82, 2.24) is 10.2 Å². The molecule has 0 spiro atoms. The summed E-state index contributed by atoms with van der Waals surface area (Å²) in [4.78, 5) is 26.5. The summed E-state index contributed by atoms with van der Waals surface area (Å²) in [5, 5.41) is 19.7. The van der Waals surface area contributed by atoms with Crippen molar-refractivity contribution in [2.75, 3.05) is 17.3 Å². The summed E-state index contributed by atoms with van der Waals surface area (Å²) < 4.78 is 5.49. The zero-order valence-electron chi connectivity index (χ0n) is 18.0. The number of thioether (sulfide) groups is 1. The molecule has 0 fully saturated rings. The maximum absolute atomic E-state index is 13.2. The Morgan fingerprint density at radius 2 is 2.18 bits per heavy atom. The van der Waals surface area contributed by atoms with Crippen molar-refractivity contribution in [1.29, 1.82) is 5.26 Å². The lowest BCUT2D eigenvalue weighted by Crippen LogP contribution is -2.38. The van der Waals surface area contributed by atoms with Crippen LogP contribution < -0.4 is 10.6 Å². The summed E-state index contributed by atoms with van der Waals surface area (Å²) >= 11 is 15.0. The van der Waals surface area contributed by atoms with Crippen LogP contribution in [0.15, 0.2) is 45.2 Å². The fourth-order valence-corrected chi connectivity index (χ4v) is 6.22. The second-order valence-electron chi connectivity index (χ2n) is 7.43. The topological polar surface area (TPSA) is 122 Å². The van der Waals surface area contributed by atoms with Crippen LogP contribution in [0.1, 0.15) is 37.7 Å². The Hall–Kier alpha value is -2.58. The fourth-order valence-electron chi connectivity index (χ4n) is 4.03. The highest BCUT2D eigenvalue weighted by atomic mass is 35.5. The van der Waals surface area contributed by atoms with Crippen molar-refractivity contribution in [2.45, 2.75) is 36.4 Å². The third kappa shape index (κ3) is 4.66. The number of ether oxygens (including phenoxy) is 1. The van der Waals surface area contributed by atoms with Crippen LogP contribution in [0.25, 0.3) is 0 Å². The van der Waals surface area contributed by atoms with Crippen LogP contribution in [-0.4, -0.2) is 34.3 Å². The Morgan fingerprint density at radius 3 is 2.88 bits per heavy atom. The van der Waals surface area contributed by atoms with Gasteiger partial charge in [0, 0.05) is 27.7 Å². The molecule has 34 heavy (non-hydrogen) atoms. The maximum Gasteiger partial charge on any atom is 0.316 e. The largest absolute Gasteiger partial charge is 0.465 e. The van der Waals surface area contributed by atoms with E-state index in [0.717, 1.165) is 0 Å². The van der Waals surface area contributed by atoms with Crippen molar-refractivity contribution in [3.8, 4) is 6.07 Å². The number of benzene rings is 1. The van der Waals surface area contributed by atoms with Gasteiger partial charge in [-0.3, -0.25) is 14.5 Å². The molecule has 1 atom stereocenters. The van der Waals surface area contributed by atoms with Crippen molar-refractivity contribution in [2.24, 2.45) is 5.73 Å². The number of nitrogens with two attached hydrogens (primary N) is 1. The van der Waals surface area contributed by atoms with Crippen molar-refractivity contribution in [3.05, 3.63) is 56.5 Å². The summed E-state index contributed by atoms with van der Waals surface area (Å²) in [5.74, 6) is -0.840. The number of nitriles is 1. The number of halogens is 2. The first kappa shape index (κ1) is 24.5. The highest BCUT2D eigenvalue weighted by Crippen LogP contribution is 2.48. The van der Waals surface area contributed by atoms with Gasteiger partial charge in [0.1, 0.15) is 5.82 Å². The molecule has 8 nitrogen and oxygen atoms in total. The molecule has 12 heteroatoms. The molecule has 0 bridgehead atoms. The molecule has 1 aromatic heterocycles. The molecule has 1 aliphatic carbocycles. The third-order valence-electron chi connectivity index (χ3n) is 5.39. The molecule has 1 aliphatic heterocycles. The number of ketones is 1. The molecule has 1 aromatic carbocycles. The molecule has 4 rings (SSSR count). The number of carbonyl (C=O) groups excluding carboxylic acids is 2. The number of hydrogen-bond acceptors (Lipinski definition) is 10. The number of aromatic nitrogens is 2. The normalized spacial score (nSPS) is 18.1. The Bertz CT molecular complexity index is 1270. The van der Waals surface area contributed by atoms with Crippen LogP contribution in [0.3, 0.4) is 0 Å². The van der Waals surface area contributed by atoms with E-state index >= 15 is 0 Å². The second kappa shape index (κ2) is 10.4. The number of carbonyl (C=O) groups is 2. The second-order valence-corrected chi connectivity index (χ2v) is 10.4. The molecule has 0 radical (unpaired) electrons. The molecule has 176 valence electrons. The minimum atomic E-state index is -0.695. The van der Waals surface area contributed by atoms with Gasteiger partial charge in [0.15, 0.2) is 10.1 Å². The first-order valence-electron chi connectivity index (χ1n) is 10.4. The van der Waals surface area contributed by atoms with Crippen LogP contribution in [0, 0.1) is 11.3 Å². The molecular formula is C22H19Cl2N5O3S2. The maximum atomic E-state index is 13.2. The van der Waals surface area contributed by atoms with E-state index in [9.17, 15) is 14.9 Å². The van der Waals surface area contributed by atoms with Gasteiger partial charge in [-0.1, -0.05) is 52.4 Å². The molecule has 0 saturated heterocycles. The number of nitrogens with zero attached hydrogens (tertiary/aromatic N) is 4. The van der Waals surface area contributed by atoms with Crippen molar-refractivity contribution < 1.29 is 14.3 Å². The van der Waals surface area contributed by atoms with E-state index in [1.165, 1.54) is 23.1 Å². The SMILES string of the molecule is CCOC(=O)CSc1nnc(N2C(N)=C(C#N)C(c3ccc(Cl)cc3Cl)C3=C2CCCC3=O)s1. The van der Waals surface area contributed by atoms with E-state index < -0.39 is 5.92 Å². The number of esters is 1. The van der Waals surface area contributed by atoms with Crippen LogP contribution in [0.2, 0.25) is 10.0 Å². The minimum absolute atomic E-state index is 0.0658. The molecule has 2 aromatic rings. The van der Waals surface area contributed by atoms with Crippen molar-refractivity contribution in [3.63, 3.8) is 0 Å². The van der Waals surface area contributed by atoms with Crippen LogP contribution in [-0.2, 0) is 14.3 Å².